The van der Waals surface area contributed by atoms with Crippen LogP contribution in [0, 0.1) is 5.92 Å². The van der Waals surface area contributed by atoms with E-state index in [2.05, 4.69) is 5.32 Å². The van der Waals surface area contributed by atoms with E-state index >= 15 is 0 Å². The number of ether oxygens (including phenoxy) is 1. The summed E-state index contributed by atoms with van der Waals surface area (Å²) >= 11 is 0. The molecule has 1 aliphatic heterocycles. The topological polar surface area (TPSA) is 78.9 Å². The molecule has 2 N–H and O–H groups in total. The molecule has 0 aromatic heterocycles. The Balaban J connectivity index is 2.18. The molecule has 1 atom stereocenters. The maximum Gasteiger partial charge on any atom is 0.317 e. The van der Waals surface area contributed by atoms with E-state index in [0.717, 1.165) is 6.42 Å². The number of nitrogens with zero attached hydrogens (tertiary/aromatic N) is 1. The van der Waals surface area contributed by atoms with Crippen LogP contribution in [0.3, 0.4) is 0 Å². The Morgan fingerprint density at radius 2 is 2.29 bits per heavy atom. The van der Waals surface area contributed by atoms with Crippen molar-refractivity contribution >= 4 is 12.0 Å². The molecule has 0 aliphatic carbocycles. The van der Waals surface area contributed by atoms with E-state index in [1.807, 2.05) is 6.92 Å². The fourth-order valence-corrected chi connectivity index (χ4v) is 1.92. The molecule has 1 rings (SSSR count). The number of urea groups is 1. The molecule has 0 aromatic rings. The van der Waals surface area contributed by atoms with E-state index in [1.165, 1.54) is 0 Å². The molecule has 0 radical (unpaired) electrons. The summed E-state index contributed by atoms with van der Waals surface area (Å²) in [4.78, 5) is 23.9. The van der Waals surface area contributed by atoms with Gasteiger partial charge in [-0.2, -0.15) is 0 Å². The largest absolute Gasteiger partial charge is 0.481 e. The van der Waals surface area contributed by atoms with E-state index in [4.69, 9.17) is 9.84 Å². The molecule has 0 saturated carbocycles. The van der Waals surface area contributed by atoms with E-state index in [0.29, 0.717) is 32.8 Å². The van der Waals surface area contributed by atoms with Gasteiger partial charge in [0.1, 0.15) is 0 Å². The lowest BCUT2D eigenvalue weighted by Gasteiger charge is -2.17. The standard InChI is InChI=1S/C11H20N2O4/c1-2-17-6-4-12-11(16)13-5-3-9(8-13)7-10(14)15/h9H,2-8H2,1H3,(H,12,16)(H,14,15). The molecule has 6 heteroatoms. The fourth-order valence-electron chi connectivity index (χ4n) is 1.92. The first-order chi connectivity index (χ1) is 8.13. The van der Waals surface area contributed by atoms with Gasteiger partial charge in [-0.05, 0) is 19.3 Å². The van der Waals surface area contributed by atoms with Crippen LogP contribution >= 0.6 is 0 Å². The summed E-state index contributed by atoms with van der Waals surface area (Å²) in [5.41, 5.74) is 0. The molecule has 1 aliphatic rings. The minimum Gasteiger partial charge on any atom is -0.481 e. The van der Waals surface area contributed by atoms with Gasteiger partial charge in [0.15, 0.2) is 0 Å². The van der Waals surface area contributed by atoms with Crippen molar-refractivity contribution in [1.29, 1.82) is 0 Å². The van der Waals surface area contributed by atoms with Crippen molar-refractivity contribution < 1.29 is 19.4 Å². The Morgan fingerprint density at radius 1 is 1.53 bits per heavy atom. The number of hydrogen-bond acceptors (Lipinski definition) is 3. The Hall–Kier alpha value is -1.30. The highest BCUT2D eigenvalue weighted by molar-refractivity contribution is 5.74. The van der Waals surface area contributed by atoms with E-state index < -0.39 is 5.97 Å². The second kappa shape index (κ2) is 7.11. The second-order valence-corrected chi connectivity index (χ2v) is 4.13. The Morgan fingerprint density at radius 3 is 2.94 bits per heavy atom. The maximum absolute atomic E-state index is 11.7. The molecule has 6 nitrogen and oxygen atoms in total. The lowest BCUT2D eigenvalue weighted by molar-refractivity contribution is -0.138. The number of hydrogen-bond donors (Lipinski definition) is 2. The zero-order chi connectivity index (χ0) is 12.7. The average Bonchev–Trinajstić information content (AvgIpc) is 2.71. The summed E-state index contributed by atoms with van der Waals surface area (Å²) in [6.07, 6.45) is 0.911. The molecule has 0 bridgehead atoms. The molecule has 1 heterocycles. The lowest BCUT2D eigenvalue weighted by atomic mass is 10.1. The van der Waals surface area contributed by atoms with Crippen LogP contribution in [-0.2, 0) is 9.53 Å². The molecule has 17 heavy (non-hydrogen) atoms. The number of carboxylic acids is 1. The van der Waals surface area contributed by atoms with Crippen molar-refractivity contribution in [3.63, 3.8) is 0 Å². The number of amides is 2. The van der Waals surface area contributed by atoms with Crippen molar-refractivity contribution in [3.8, 4) is 0 Å². The fraction of sp³-hybridized carbons (Fsp3) is 0.818. The summed E-state index contributed by atoms with van der Waals surface area (Å²) < 4.78 is 5.11. The number of carbonyl (C=O) groups is 2. The third-order valence-electron chi connectivity index (χ3n) is 2.76. The van der Waals surface area contributed by atoms with Gasteiger partial charge >= 0.3 is 12.0 Å². The summed E-state index contributed by atoms with van der Waals surface area (Å²) in [5, 5.41) is 11.4. The molecule has 0 aromatic carbocycles. The number of carboxylic acid groups (broad SMARTS) is 1. The monoisotopic (exact) mass is 244 g/mol. The first-order valence-electron chi connectivity index (χ1n) is 5.95. The van der Waals surface area contributed by atoms with Gasteiger partial charge in [-0.25, -0.2) is 4.79 Å². The zero-order valence-electron chi connectivity index (χ0n) is 10.1. The van der Waals surface area contributed by atoms with Crippen LogP contribution in [0.15, 0.2) is 0 Å². The predicted molar refractivity (Wildman–Crippen MR) is 61.8 cm³/mol. The molecule has 1 unspecified atom stereocenters. The van der Waals surface area contributed by atoms with E-state index in [9.17, 15) is 9.59 Å². The van der Waals surface area contributed by atoms with Crippen molar-refractivity contribution in [3.05, 3.63) is 0 Å². The maximum atomic E-state index is 11.7. The predicted octanol–water partition coefficient (Wildman–Crippen LogP) is 0.529. The van der Waals surface area contributed by atoms with E-state index in [1.54, 1.807) is 4.90 Å². The number of carbonyl (C=O) groups excluding carboxylic acids is 1. The molecule has 2 amide bonds. The van der Waals surface area contributed by atoms with Gasteiger partial charge in [0.25, 0.3) is 0 Å². The first kappa shape index (κ1) is 13.8. The zero-order valence-corrected chi connectivity index (χ0v) is 10.1. The van der Waals surface area contributed by atoms with Gasteiger partial charge in [0, 0.05) is 32.7 Å². The highest BCUT2D eigenvalue weighted by atomic mass is 16.5. The van der Waals surface area contributed by atoms with Crippen LogP contribution in [0.4, 0.5) is 4.79 Å². The Labute approximate surface area is 101 Å². The summed E-state index contributed by atoms with van der Waals surface area (Å²) in [6.45, 7) is 4.71. The van der Waals surface area contributed by atoms with Gasteiger partial charge in [0.2, 0.25) is 0 Å². The van der Waals surface area contributed by atoms with Crippen LogP contribution in [0.25, 0.3) is 0 Å². The normalized spacial score (nSPS) is 19.4. The van der Waals surface area contributed by atoms with Crippen LogP contribution in [0.2, 0.25) is 0 Å². The van der Waals surface area contributed by atoms with Crippen molar-refractivity contribution in [1.82, 2.24) is 10.2 Å². The summed E-state index contributed by atoms with van der Waals surface area (Å²) in [7, 11) is 0. The van der Waals surface area contributed by atoms with Gasteiger partial charge in [-0.3, -0.25) is 4.79 Å². The molecular formula is C11H20N2O4. The van der Waals surface area contributed by atoms with Crippen LogP contribution in [-0.4, -0.2) is 54.9 Å². The third-order valence-corrected chi connectivity index (χ3v) is 2.76. The molecular weight excluding hydrogens is 224 g/mol. The second-order valence-electron chi connectivity index (χ2n) is 4.13. The highest BCUT2D eigenvalue weighted by Gasteiger charge is 2.27. The number of aliphatic carboxylic acids is 1. The number of rotatable bonds is 6. The third kappa shape index (κ3) is 5.04. The average molecular weight is 244 g/mol. The molecule has 1 fully saturated rings. The van der Waals surface area contributed by atoms with Crippen molar-refractivity contribution in [2.45, 2.75) is 19.8 Å². The molecule has 98 valence electrons. The highest BCUT2D eigenvalue weighted by Crippen LogP contribution is 2.19. The minimum absolute atomic E-state index is 0.0881. The number of likely N-dealkylation sites (tertiary alicyclic amines) is 1. The van der Waals surface area contributed by atoms with Crippen LogP contribution < -0.4 is 5.32 Å². The minimum atomic E-state index is -0.798. The van der Waals surface area contributed by atoms with E-state index in [-0.39, 0.29) is 18.4 Å². The Bertz CT molecular complexity index is 270. The molecule has 1 saturated heterocycles. The molecule has 0 spiro atoms. The van der Waals surface area contributed by atoms with Gasteiger partial charge in [-0.1, -0.05) is 0 Å². The Kier molecular flexibility index (Phi) is 5.76. The summed E-state index contributed by atoms with van der Waals surface area (Å²) in [5.74, 6) is -0.709. The number of nitrogens with one attached hydrogen (secondary N) is 1. The first-order valence-corrected chi connectivity index (χ1v) is 5.95. The van der Waals surface area contributed by atoms with Crippen LogP contribution in [0.1, 0.15) is 19.8 Å². The van der Waals surface area contributed by atoms with Gasteiger partial charge < -0.3 is 20.1 Å². The van der Waals surface area contributed by atoms with Crippen LogP contribution in [0.5, 0.6) is 0 Å². The SMILES string of the molecule is CCOCCNC(=O)N1CCC(CC(=O)O)C1. The summed E-state index contributed by atoms with van der Waals surface area (Å²) in [6, 6.07) is -0.127. The smallest absolute Gasteiger partial charge is 0.317 e. The van der Waals surface area contributed by atoms with Crippen molar-refractivity contribution in [2.75, 3.05) is 32.8 Å². The van der Waals surface area contributed by atoms with Crippen molar-refractivity contribution in [2.24, 2.45) is 5.92 Å². The van der Waals surface area contributed by atoms with Gasteiger partial charge in [-0.15, -0.1) is 0 Å². The van der Waals surface area contributed by atoms with Gasteiger partial charge in [0.05, 0.1) is 6.61 Å². The lowest BCUT2D eigenvalue weighted by Crippen LogP contribution is -2.40. The quantitative estimate of drug-likeness (QED) is 0.668.